The van der Waals surface area contributed by atoms with Crippen molar-refractivity contribution in [3.8, 4) is 0 Å². The molecule has 0 bridgehead atoms. The van der Waals surface area contributed by atoms with Crippen molar-refractivity contribution in [2.45, 2.75) is 38.6 Å². The van der Waals surface area contributed by atoms with Gasteiger partial charge in [-0.25, -0.2) is 0 Å². The van der Waals surface area contributed by atoms with Crippen LogP contribution in [0, 0.1) is 0 Å². The topological polar surface area (TPSA) is 3.24 Å². The van der Waals surface area contributed by atoms with Crippen molar-refractivity contribution in [3.63, 3.8) is 0 Å². The van der Waals surface area contributed by atoms with Crippen LogP contribution in [0.25, 0.3) is 0 Å². The molecule has 2 rings (SSSR count). The molecule has 88 valence electrons. The first-order chi connectivity index (χ1) is 7.66. The summed E-state index contributed by atoms with van der Waals surface area (Å²) < 4.78 is 0. The molecular formula is C14H20ClN. The molecule has 0 unspecified atom stereocenters. The van der Waals surface area contributed by atoms with Crippen molar-refractivity contribution in [1.29, 1.82) is 0 Å². The van der Waals surface area contributed by atoms with Crippen LogP contribution in [0.1, 0.15) is 38.2 Å². The first-order valence-corrected chi connectivity index (χ1v) is 6.54. The van der Waals surface area contributed by atoms with E-state index < -0.39 is 0 Å². The lowest BCUT2D eigenvalue weighted by atomic mass is 9.89. The quantitative estimate of drug-likeness (QED) is 0.754. The summed E-state index contributed by atoms with van der Waals surface area (Å²) >= 11 is 6.03. The van der Waals surface area contributed by atoms with Gasteiger partial charge in [-0.15, -0.1) is 0 Å². The fourth-order valence-corrected chi connectivity index (χ4v) is 2.71. The number of likely N-dealkylation sites (tertiary alicyclic amines) is 1. The largest absolute Gasteiger partial charge is 0.301 e. The minimum atomic E-state index is 0.681. The van der Waals surface area contributed by atoms with Gasteiger partial charge in [-0.1, -0.05) is 23.7 Å². The molecule has 1 heterocycles. The zero-order valence-electron chi connectivity index (χ0n) is 10.1. The highest BCUT2D eigenvalue weighted by Gasteiger charge is 2.21. The fourth-order valence-electron chi connectivity index (χ4n) is 2.51. The Hall–Kier alpha value is -0.530. The zero-order valence-corrected chi connectivity index (χ0v) is 10.9. The molecule has 0 amide bonds. The molecule has 2 heteroatoms. The van der Waals surface area contributed by atoms with Gasteiger partial charge in [-0.05, 0) is 63.4 Å². The molecule has 16 heavy (non-hydrogen) atoms. The molecule has 0 atom stereocenters. The predicted octanol–water partition coefficient (Wildman–Crippen LogP) is 3.93. The SMILES string of the molecule is CC(C)N1CCC(c2cccc(Cl)c2)CC1. The molecule has 1 fully saturated rings. The summed E-state index contributed by atoms with van der Waals surface area (Å²) in [4.78, 5) is 2.56. The lowest BCUT2D eigenvalue weighted by molar-refractivity contribution is 0.172. The molecule has 0 aromatic heterocycles. The molecule has 1 aliphatic heterocycles. The van der Waals surface area contributed by atoms with E-state index in [1.807, 2.05) is 6.07 Å². The van der Waals surface area contributed by atoms with E-state index in [1.54, 1.807) is 0 Å². The predicted molar refractivity (Wildman–Crippen MR) is 70.1 cm³/mol. The van der Waals surface area contributed by atoms with Crippen LogP contribution < -0.4 is 0 Å². The second-order valence-corrected chi connectivity index (χ2v) is 5.40. The maximum absolute atomic E-state index is 6.03. The molecule has 1 nitrogen and oxygen atoms in total. The van der Waals surface area contributed by atoms with Crippen molar-refractivity contribution in [2.75, 3.05) is 13.1 Å². The van der Waals surface area contributed by atoms with Crippen LogP contribution >= 0.6 is 11.6 Å². The Balaban J connectivity index is 1.99. The summed E-state index contributed by atoms with van der Waals surface area (Å²) in [7, 11) is 0. The minimum absolute atomic E-state index is 0.681. The van der Waals surface area contributed by atoms with E-state index in [4.69, 9.17) is 11.6 Å². The zero-order chi connectivity index (χ0) is 11.5. The monoisotopic (exact) mass is 237 g/mol. The lowest BCUT2D eigenvalue weighted by Crippen LogP contribution is -2.37. The number of piperidine rings is 1. The Kier molecular flexibility index (Phi) is 3.88. The number of rotatable bonds is 2. The van der Waals surface area contributed by atoms with Gasteiger partial charge in [0.1, 0.15) is 0 Å². The summed E-state index contributed by atoms with van der Waals surface area (Å²) in [6.07, 6.45) is 2.52. The summed E-state index contributed by atoms with van der Waals surface area (Å²) in [5, 5.41) is 0.865. The van der Waals surface area contributed by atoms with Crippen LogP contribution in [-0.4, -0.2) is 24.0 Å². The smallest absolute Gasteiger partial charge is 0.0408 e. The Labute approximate surface area is 103 Å². The standard InChI is InChI=1S/C14H20ClN/c1-11(2)16-8-6-12(7-9-16)13-4-3-5-14(15)10-13/h3-5,10-12H,6-9H2,1-2H3. The molecule has 1 saturated heterocycles. The summed E-state index contributed by atoms with van der Waals surface area (Å²) in [6.45, 7) is 6.99. The van der Waals surface area contributed by atoms with Crippen LogP contribution in [0.15, 0.2) is 24.3 Å². The van der Waals surface area contributed by atoms with Crippen LogP contribution in [0.2, 0.25) is 5.02 Å². The maximum Gasteiger partial charge on any atom is 0.0408 e. The Morgan fingerprint density at radius 1 is 1.25 bits per heavy atom. The Morgan fingerprint density at radius 2 is 1.94 bits per heavy atom. The van der Waals surface area contributed by atoms with E-state index in [0.717, 1.165) is 5.02 Å². The van der Waals surface area contributed by atoms with Gasteiger partial charge >= 0.3 is 0 Å². The van der Waals surface area contributed by atoms with Crippen LogP contribution in [0.4, 0.5) is 0 Å². The molecule has 0 radical (unpaired) electrons. The van der Waals surface area contributed by atoms with Gasteiger partial charge in [0.05, 0.1) is 0 Å². The van der Waals surface area contributed by atoms with E-state index in [-0.39, 0.29) is 0 Å². The normalized spacial score (nSPS) is 19.2. The Morgan fingerprint density at radius 3 is 2.50 bits per heavy atom. The van der Waals surface area contributed by atoms with Crippen molar-refractivity contribution in [1.82, 2.24) is 4.90 Å². The number of hydrogen-bond acceptors (Lipinski definition) is 1. The second-order valence-electron chi connectivity index (χ2n) is 4.96. The first-order valence-electron chi connectivity index (χ1n) is 6.16. The van der Waals surface area contributed by atoms with Crippen LogP contribution in [0.3, 0.4) is 0 Å². The molecule has 0 spiro atoms. The number of nitrogens with zero attached hydrogens (tertiary/aromatic N) is 1. The molecule has 1 aromatic carbocycles. The van der Waals surface area contributed by atoms with Gasteiger partial charge < -0.3 is 4.90 Å². The first kappa shape index (κ1) is 11.9. The molecule has 0 N–H and O–H groups in total. The van der Waals surface area contributed by atoms with Gasteiger partial charge in [0.2, 0.25) is 0 Å². The minimum Gasteiger partial charge on any atom is -0.301 e. The number of benzene rings is 1. The summed E-state index contributed by atoms with van der Waals surface area (Å²) in [6, 6.07) is 9.03. The molecule has 1 aromatic rings. The fraction of sp³-hybridized carbons (Fsp3) is 0.571. The van der Waals surface area contributed by atoms with Crippen molar-refractivity contribution >= 4 is 11.6 Å². The van der Waals surface area contributed by atoms with Gasteiger partial charge in [-0.2, -0.15) is 0 Å². The third-order valence-electron chi connectivity index (χ3n) is 3.58. The summed E-state index contributed by atoms with van der Waals surface area (Å²) in [5.41, 5.74) is 1.41. The molecule has 1 aliphatic rings. The average molecular weight is 238 g/mol. The highest BCUT2D eigenvalue weighted by Crippen LogP contribution is 2.29. The average Bonchev–Trinajstić information content (AvgIpc) is 2.29. The Bertz CT molecular complexity index is 340. The van der Waals surface area contributed by atoms with E-state index in [1.165, 1.54) is 31.5 Å². The lowest BCUT2D eigenvalue weighted by Gasteiger charge is -2.34. The maximum atomic E-state index is 6.03. The van der Waals surface area contributed by atoms with Gasteiger partial charge in [-0.3, -0.25) is 0 Å². The highest BCUT2D eigenvalue weighted by atomic mass is 35.5. The molecule has 0 aliphatic carbocycles. The van der Waals surface area contributed by atoms with Crippen molar-refractivity contribution < 1.29 is 0 Å². The number of hydrogen-bond donors (Lipinski definition) is 0. The third kappa shape index (κ3) is 2.78. The van der Waals surface area contributed by atoms with Crippen LogP contribution in [-0.2, 0) is 0 Å². The van der Waals surface area contributed by atoms with Gasteiger partial charge in [0, 0.05) is 11.1 Å². The van der Waals surface area contributed by atoms with E-state index in [0.29, 0.717) is 12.0 Å². The number of halogens is 1. The highest BCUT2D eigenvalue weighted by molar-refractivity contribution is 6.30. The van der Waals surface area contributed by atoms with E-state index in [9.17, 15) is 0 Å². The van der Waals surface area contributed by atoms with E-state index >= 15 is 0 Å². The van der Waals surface area contributed by atoms with Crippen LogP contribution in [0.5, 0.6) is 0 Å². The van der Waals surface area contributed by atoms with E-state index in [2.05, 4.69) is 36.9 Å². The van der Waals surface area contributed by atoms with Crippen molar-refractivity contribution in [3.05, 3.63) is 34.9 Å². The van der Waals surface area contributed by atoms with Gasteiger partial charge in [0.25, 0.3) is 0 Å². The summed E-state index contributed by atoms with van der Waals surface area (Å²) in [5.74, 6) is 0.702. The molecule has 0 saturated carbocycles. The van der Waals surface area contributed by atoms with Gasteiger partial charge in [0.15, 0.2) is 0 Å². The van der Waals surface area contributed by atoms with Crippen molar-refractivity contribution in [2.24, 2.45) is 0 Å². The third-order valence-corrected chi connectivity index (χ3v) is 3.82. The molecular weight excluding hydrogens is 218 g/mol. The second kappa shape index (κ2) is 5.20.